The zero-order valence-corrected chi connectivity index (χ0v) is 10.9. The van der Waals surface area contributed by atoms with E-state index in [0.717, 1.165) is 13.0 Å². The molecule has 0 radical (unpaired) electrons. The lowest BCUT2D eigenvalue weighted by Gasteiger charge is -2.04. The molecule has 0 aliphatic rings. The molecule has 7 heteroatoms. The molecule has 0 saturated carbocycles. The maximum absolute atomic E-state index is 12.8. The molecule has 2 aromatic rings. The molecule has 0 aliphatic heterocycles. The smallest absolute Gasteiger partial charge is 0.448 e. The summed E-state index contributed by atoms with van der Waals surface area (Å²) in [5, 5.41) is 0.441. The topological polar surface area (TPSA) is 39.4 Å². The van der Waals surface area contributed by atoms with Crippen molar-refractivity contribution in [3.63, 3.8) is 0 Å². The molecule has 0 amide bonds. The summed E-state index contributed by atoms with van der Waals surface area (Å²) in [6.45, 7) is 1.01. The number of alkyl halides is 3. The van der Waals surface area contributed by atoms with Crippen LogP contribution < -0.4 is 4.74 Å². The van der Waals surface area contributed by atoms with E-state index in [4.69, 9.17) is 16.0 Å². The molecule has 2 rings (SSSR count). The van der Waals surface area contributed by atoms with Crippen molar-refractivity contribution < 1.29 is 27.1 Å². The van der Waals surface area contributed by atoms with Crippen LogP contribution >= 0.6 is 11.6 Å². The molecule has 1 aromatic heterocycles. The Labute approximate surface area is 116 Å². The zero-order chi connectivity index (χ0) is 14.9. The van der Waals surface area contributed by atoms with Crippen molar-refractivity contribution in [2.45, 2.75) is 13.1 Å². The number of hydrogen-bond donors (Lipinski definition) is 0. The molecule has 0 aliphatic carbocycles. The van der Waals surface area contributed by atoms with Gasteiger partial charge in [0.1, 0.15) is 5.76 Å². The van der Waals surface area contributed by atoms with Gasteiger partial charge in [-0.25, -0.2) is 0 Å². The largest absolute Gasteiger partial charge is 0.453 e. The van der Waals surface area contributed by atoms with Crippen LogP contribution in [-0.2, 0) is 11.0 Å². The zero-order valence-electron chi connectivity index (χ0n) is 10.1. The van der Waals surface area contributed by atoms with E-state index >= 15 is 0 Å². The van der Waals surface area contributed by atoms with Gasteiger partial charge in [0.15, 0.2) is 5.75 Å². The highest BCUT2D eigenvalue weighted by atomic mass is 35.5. The van der Waals surface area contributed by atoms with Crippen LogP contribution in [0.4, 0.5) is 13.2 Å². The van der Waals surface area contributed by atoms with E-state index in [-0.39, 0.29) is 5.76 Å². The Bertz CT molecular complexity index is 629. The predicted octanol–water partition coefficient (Wildman–Crippen LogP) is 4.54. The maximum atomic E-state index is 12.8. The summed E-state index contributed by atoms with van der Waals surface area (Å²) in [5.74, 6) is -2.93. The van der Waals surface area contributed by atoms with Gasteiger partial charge in [0.2, 0.25) is 0 Å². The number of carbonyl (C=O) groups is 1. The molecule has 0 N–H and O–H groups in total. The normalized spacial score (nSPS) is 11.4. The van der Waals surface area contributed by atoms with E-state index in [9.17, 15) is 18.0 Å². The molecule has 0 saturated heterocycles. The molecule has 0 fully saturated rings. The lowest BCUT2D eigenvalue weighted by Crippen LogP contribution is -2.08. The average Bonchev–Trinajstić information content (AvgIpc) is 2.72. The lowest BCUT2D eigenvalue weighted by atomic mass is 10.2. The van der Waals surface area contributed by atoms with Crippen molar-refractivity contribution in [1.82, 2.24) is 0 Å². The molecular weight excluding hydrogens is 297 g/mol. The first kappa shape index (κ1) is 14.5. The Hall–Kier alpha value is -1.95. The molecule has 20 heavy (non-hydrogen) atoms. The Morgan fingerprint density at radius 2 is 1.85 bits per heavy atom. The van der Waals surface area contributed by atoms with Crippen molar-refractivity contribution in [1.29, 1.82) is 0 Å². The predicted molar refractivity (Wildman–Crippen MR) is 65.5 cm³/mol. The minimum absolute atomic E-state index is 0.0646. The second kappa shape index (κ2) is 5.20. The third kappa shape index (κ3) is 3.14. The van der Waals surface area contributed by atoms with Crippen LogP contribution in [0, 0.1) is 0 Å². The highest BCUT2D eigenvalue weighted by Gasteiger charge is 2.40. The Balaban J connectivity index is 2.48. The molecule has 0 unspecified atom stereocenters. The summed E-state index contributed by atoms with van der Waals surface area (Å²) in [4.78, 5) is 10.8. The Kier molecular flexibility index (Phi) is 3.76. The maximum Gasteiger partial charge on any atom is 0.453 e. The number of halogens is 4. The summed E-state index contributed by atoms with van der Waals surface area (Å²) >= 11 is 5.70. The quantitative estimate of drug-likeness (QED) is 0.764. The standard InChI is InChI=1S/C13H8ClF3O3/c1-7(18)19-11-6-10(20-12(11)13(15,16)17)8-2-4-9(14)5-3-8/h2-6H,1H3. The van der Waals surface area contributed by atoms with Crippen LogP contribution in [-0.4, -0.2) is 5.97 Å². The molecule has 3 nitrogen and oxygen atoms in total. The monoisotopic (exact) mass is 304 g/mol. The van der Waals surface area contributed by atoms with Crippen LogP contribution in [0.15, 0.2) is 34.7 Å². The molecule has 1 heterocycles. The van der Waals surface area contributed by atoms with Gasteiger partial charge < -0.3 is 9.15 Å². The van der Waals surface area contributed by atoms with Gasteiger partial charge in [-0.15, -0.1) is 0 Å². The number of benzene rings is 1. The fourth-order valence-electron chi connectivity index (χ4n) is 1.56. The molecular formula is C13H8ClF3O3. The third-order valence-electron chi connectivity index (χ3n) is 2.34. The van der Waals surface area contributed by atoms with Gasteiger partial charge in [-0.1, -0.05) is 11.6 Å². The molecule has 0 spiro atoms. The highest BCUT2D eigenvalue weighted by molar-refractivity contribution is 6.30. The minimum Gasteiger partial charge on any atom is -0.448 e. The van der Waals surface area contributed by atoms with Crippen molar-refractivity contribution in [2.24, 2.45) is 0 Å². The minimum atomic E-state index is -4.75. The fourth-order valence-corrected chi connectivity index (χ4v) is 1.68. The second-order valence-corrected chi connectivity index (χ2v) is 4.34. The van der Waals surface area contributed by atoms with E-state index in [1.54, 1.807) is 0 Å². The van der Waals surface area contributed by atoms with Crippen LogP contribution in [0.5, 0.6) is 5.75 Å². The number of hydrogen-bond acceptors (Lipinski definition) is 3. The fraction of sp³-hybridized carbons (Fsp3) is 0.154. The van der Waals surface area contributed by atoms with Crippen molar-refractivity contribution in [3.8, 4) is 17.1 Å². The Morgan fingerprint density at radius 1 is 1.25 bits per heavy atom. The first-order valence-electron chi connectivity index (χ1n) is 5.43. The Morgan fingerprint density at radius 3 is 2.35 bits per heavy atom. The third-order valence-corrected chi connectivity index (χ3v) is 2.59. The van der Waals surface area contributed by atoms with Crippen LogP contribution in [0.1, 0.15) is 12.7 Å². The van der Waals surface area contributed by atoms with E-state index in [1.807, 2.05) is 0 Å². The average molecular weight is 305 g/mol. The number of esters is 1. The summed E-state index contributed by atoms with van der Waals surface area (Å²) in [7, 11) is 0. The van der Waals surface area contributed by atoms with Gasteiger partial charge in [0.05, 0.1) is 0 Å². The van der Waals surface area contributed by atoms with Crippen LogP contribution in [0.25, 0.3) is 11.3 Å². The summed E-state index contributed by atoms with van der Waals surface area (Å²) in [6, 6.07) is 7.04. The van der Waals surface area contributed by atoms with E-state index in [2.05, 4.69) is 4.74 Å². The number of ether oxygens (including phenoxy) is 1. The number of carbonyl (C=O) groups excluding carboxylic acids is 1. The molecule has 0 atom stereocenters. The summed E-state index contributed by atoms with van der Waals surface area (Å²) < 4.78 is 47.6. The van der Waals surface area contributed by atoms with Gasteiger partial charge in [0, 0.05) is 23.6 Å². The van der Waals surface area contributed by atoms with Crippen molar-refractivity contribution in [2.75, 3.05) is 0 Å². The highest BCUT2D eigenvalue weighted by Crippen LogP contribution is 2.41. The molecule has 1 aromatic carbocycles. The number of rotatable bonds is 2. The molecule has 0 bridgehead atoms. The SMILES string of the molecule is CC(=O)Oc1cc(-c2ccc(Cl)cc2)oc1C(F)(F)F. The van der Waals surface area contributed by atoms with Gasteiger partial charge in [-0.3, -0.25) is 4.79 Å². The second-order valence-electron chi connectivity index (χ2n) is 3.90. The van der Waals surface area contributed by atoms with Crippen molar-refractivity contribution in [3.05, 3.63) is 41.1 Å². The summed E-state index contributed by atoms with van der Waals surface area (Å²) in [5.41, 5.74) is 0.387. The van der Waals surface area contributed by atoms with Gasteiger partial charge >= 0.3 is 12.1 Å². The first-order chi connectivity index (χ1) is 9.27. The summed E-state index contributed by atoms with van der Waals surface area (Å²) in [6.07, 6.45) is -4.75. The number of furan rings is 1. The van der Waals surface area contributed by atoms with Gasteiger partial charge in [-0.2, -0.15) is 13.2 Å². The van der Waals surface area contributed by atoms with Crippen LogP contribution in [0.3, 0.4) is 0 Å². The molecule has 106 valence electrons. The van der Waals surface area contributed by atoms with Crippen molar-refractivity contribution >= 4 is 17.6 Å². The van der Waals surface area contributed by atoms with Crippen LogP contribution in [0.2, 0.25) is 5.02 Å². The van der Waals surface area contributed by atoms with Gasteiger partial charge in [0.25, 0.3) is 5.76 Å². The van der Waals surface area contributed by atoms with Gasteiger partial charge in [-0.05, 0) is 24.3 Å². The van der Waals surface area contributed by atoms with E-state index in [0.29, 0.717) is 10.6 Å². The lowest BCUT2D eigenvalue weighted by molar-refractivity contribution is -0.155. The van der Waals surface area contributed by atoms with E-state index in [1.165, 1.54) is 24.3 Å². The van der Waals surface area contributed by atoms with E-state index < -0.39 is 23.7 Å². The first-order valence-corrected chi connectivity index (χ1v) is 5.80.